The molecule has 0 bridgehead atoms. The van der Waals surface area contributed by atoms with Crippen molar-refractivity contribution in [2.75, 3.05) is 6.73 Å². The van der Waals surface area contributed by atoms with E-state index in [0.29, 0.717) is 16.7 Å². The lowest BCUT2D eigenvalue weighted by molar-refractivity contribution is 0.0464. The standard InChI is InChI=1S/C18H18N2O4/c1-10(2)19-9-24-18(23)13-8-20(3)15-14(13)11-6-4-5-7-12(11)16(21)17(15)22/h4-8,10,19H,9H2,1-3H3. The molecule has 1 aromatic heterocycles. The zero-order valence-electron chi connectivity index (χ0n) is 13.8. The SMILES string of the molecule is CC(C)NCOC(=O)c1cn(C)c2c1-c1ccccc1C(=O)C2=O. The van der Waals surface area contributed by atoms with Crippen LogP contribution >= 0.6 is 0 Å². The molecule has 6 heteroatoms. The van der Waals surface area contributed by atoms with Gasteiger partial charge in [-0.2, -0.15) is 0 Å². The number of aryl methyl sites for hydroxylation is 1. The lowest BCUT2D eigenvalue weighted by Gasteiger charge is -2.16. The first kappa shape index (κ1) is 16.1. The van der Waals surface area contributed by atoms with E-state index in [0.717, 1.165) is 0 Å². The van der Waals surface area contributed by atoms with Crippen molar-refractivity contribution in [3.63, 3.8) is 0 Å². The molecule has 0 unspecified atom stereocenters. The summed E-state index contributed by atoms with van der Waals surface area (Å²) in [4.78, 5) is 37.1. The summed E-state index contributed by atoms with van der Waals surface area (Å²) in [5.41, 5.74) is 1.87. The molecule has 24 heavy (non-hydrogen) atoms. The van der Waals surface area contributed by atoms with Crippen molar-refractivity contribution in [2.24, 2.45) is 7.05 Å². The van der Waals surface area contributed by atoms with Gasteiger partial charge in [0.15, 0.2) is 0 Å². The van der Waals surface area contributed by atoms with E-state index in [9.17, 15) is 14.4 Å². The van der Waals surface area contributed by atoms with Crippen molar-refractivity contribution in [1.82, 2.24) is 9.88 Å². The molecule has 0 fully saturated rings. The molecule has 1 aliphatic rings. The molecule has 2 aromatic rings. The number of esters is 1. The van der Waals surface area contributed by atoms with Crippen LogP contribution < -0.4 is 5.32 Å². The Morgan fingerprint density at radius 3 is 2.50 bits per heavy atom. The lowest BCUT2D eigenvalue weighted by Crippen LogP contribution is -2.27. The summed E-state index contributed by atoms with van der Waals surface area (Å²) in [6.45, 7) is 3.96. The molecule has 1 aliphatic carbocycles. The number of aromatic nitrogens is 1. The highest BCUT2D eigenvalue weighted by Crippen LogP contribution is 2.37. The van der Waals surface area contributed by atoms with E-state index in [1.807, 2.05) is 13.8 Å². The number of ether oxygens (including phenoxy) is 1. The van der Waals surface area contributed by atoms with Gasteiger partial charge in [0.2, 0.25) is 5.78 Å². The molecule has 0 radical (unpaired) electrons. The second-order valence-corrected chi connectivity index (χ2v) is 6.02. The van der Waals surface area contributed by atoms with Crippen LogP contribution in [0.2, 0.25) is 0 Å². The van der Waals surface area contributed by atoms with Gasteiger partial charge in [-0.1, -0.05) is 24.3 Å². The summed E-state index contributed by atoms with van der Waals surface area (Å²) >= 11 is 0. The molecule has 124 valence electrons. The molecule has 0 saturated heterocycles. The molecule has 1 aromatic carbocycles. The van der Waals surface area contributed by atoms with Gasteiger partial charge < -0.3 is 9.30 Å². The van der Waals surface area contributed by atoms with Crippen molar-refractivity contribution < 1.29 is 19.1 Å². The Hall–Kier alpha value is -2.73. The second-order valence-electron chi connectivity index (χ2n) is 6.02. The Bertz CT molecular complexity index is 849. The Morgan fingerprint density at radius 1 is 1.17 bits per heavy atom. The Labute approximate surface area is 139 Å². The molecule has 0 atom stereocenters. The van der Waals surface area contributed by atoms with Crippen LogP contribution in [0.15, 0.2) is 30.5 Å². The van der Waals surface area contributed by atoms with E-state index in [-0.39, 0.29) is 24.0 Å². The number of nitrogens with zero attached hydrogens (tertiary/aromatic N) is 1. The minimum atomic E-state index is -0.606. The highest BCUT2D eigenvalue weighted by Gasteiger charge is 2.36. The summed E-state index contributed by atoms with van der Waals surface area (Å²) < 4.78 is 6.75. The third-order valence-corrected chi connectivity index (χ3v) is 3.96. The van der Waals surface area contributed by atoms with Crippen LogP contribution in [-0.2, 0) is 11.8 Å². The van der Waals surface area contributed by atoms with E-state index in [1.54, 1.807) is 31.3 Å². The van der Waals surface area contributed by atoms with Crippen LogP contribution in [0.3, 0.4) is 0 Å². The number of hydrogen-bond donors (Lipinski definition) is 1. The molecule has 3 rings (SSSR count). The largest absolute Gasteiger partial charge is 0.446 e. The predicted molar refractivity (Wildman–Crippen MR) is 88.1 cm³/mol. The number of ketones is 2. The lowest BCUT2D eigenvalue weighted by atomic mass is 9.86. The number of rotatable bonds is 4. The Balaban J connectivity index is 2.06. The summed E-state index contributed by atoms with van der Waals surface area (Å²) in [6.07, 6.45) is 1.54. The fourth-order valence-electron chi connectivity index (χ4n) is 2.81. The number of hydrogen-bond acceptors (Lipinski definition) is 5. The fraction of sp³-hybridized carbons (Fsp3) is 0.278. The van der Waals surface area contributed by atoms with E-state index in [1.165, 1.54) is 10.8 Å². The van der Waals surface area contributed by atoms with Crippen molar-refractivity contribution in [3.8, 4) is 11.1 Å². The second kappa shape index (κ2) is 6.05. The van der Waals surface area contributed by atoms with Crippen molar-refractivity contribution >= 4 is 17.5 Å². The maximum absolute atomic E-state index is 12.4. The zero-order valence-corrected chi connectivity index (χ0v) is 13.8. The Morgan fingerprint density at radius 2 is 1.83 bits per heavy atom. The van der Waals surface area contributed by atoms with E-state index in [4.69, 9.17) is 4.74 Å². The van der Waals surface area contributed by atoms with Crippen LogP contribution in [0.25, 0.3) is 11.1 Å². The number of benzene rings is 1. The van der Waals surface area contributed by atoms with Crippen molar-refractivity contribution in [1.29, 1.82) is 0 Å². The number of carbonyl (C=O) groups excluding carboxylic acids is 3. The predicted octanol–water partition coefficient (Wildman–Crippen LogP) is 2.18. The van der Waals surface area contributed by atoms with Crippen LogP contribution in [0.1, 0.15) is 45.1 Å². The topological polar surface area (TPSA) is 77.4 Å². The van der Waals surface area contributed by atoms with Gasteiger partial charge in [0, 0.05) is 30.4 Å². The van der Waals surface area contributed by atoms with Gasteiger partial charge in [0.1, 0.15) is 12.4 Å². The van der Waals surface area contributed by atoms with Gasteiger partial charge in [0.25, 0.3) is 5.78 Å². The quantitative estimate of drug-likeness (QED) is 0.529. The smallest absolute Gasteiger partial charge is 0.341 e. The zero-order chi connectivity index (χ0) is 17.4. The summed E-state index contributed by atoms with van der Waals surface area (Å²) in [5.74, 6) is -1.69. The normalized spacial score (nSPS) is 13.0. The molecule has 0 saturated carbocycles. The first-order valence-electron chi connectivity index (χ1n) is 7.70. The average molecular weight is 326 g/mol. The third kappa shape index (κ3) is 2.55. The van der Waals surface area contributed by atoms with Gasteiger partial charge in [-0.05, 0) is 19.4 Å². The van der Waals surface area contributed by atoms with E-state index < -0.39 is 17.5 Å². The maximum atomic E-state index is 12.4. The molecular formula is C18H18N2O4. The van der Waals surface area contributed by atoms with Gasteiger partial charge in [-0.25, -0.2) is 4.79 Å². The van der Waals surface area contributed by atoms with Gasteiger partial charge in [-0.15, -0.1) is 0 Å². The van der Waals surface area contributed by atoms with Crippen LogP contribution in [-0.4, -0.2) is 34.9 Å². The number of nitrogens with one attached hydrogen (secondary N) is 1. The Kier molecular flexibility index (Phi) is 4.07. The van der Waals surface area contributed by atoms with Gasteiger partial charge in [-0.3, -0.25) is 14.9 Å². The molecule has 1 heterocycles. The molecule has 1 N–H and O–H groups in total. The van der Waals surface area contributed by atoms with E-state index >= 15 is 0 Å². The molecule has 6 nitrogen and oxygen atoms in total. The van der Waals surface area contributed by atoms with Crippen LogP contribution in [0.5, 0.6) is 0 Å². The average Bonchev–Trinajstić information content (AvgIpc) is 2.90. The van der Waals surface area contributed by atoms with Crippen LogP contribution in [0.4, 0.5) is 0 Å². The number of fused-ring (bicyclic) bond motifs is 3. The van der Waals surface area contributed by atoms with Gasteiger partial charge in [0.05, 0.1) is 5.56 Å². The van der Waals surface area contributed by atoms with Crippen LogP contribution in [0, 0.1) is 0 Å². The monoisotopic (exact) mass is 326 g/mol. The summed E-state index contributed by atoms with van der Waals surface area (Å²) in [6, 6.07) is 6.99. The van der Waals surface area contributed by atoms with Crippen molar-refractivity contribution in [3.05, 3.63) is 47.3 Å². The van der Waals surface area contributed by atoms with Crippen molar-refractivity contribution in [2.45, 2.75) is 19.9 Å². The highest BCUT2D eigenvalue weighted by molar-refractivity contribution is 6.53. The molecule has 0 spiro atoms. The number of Topliss-reactive ketones (excluding diaryl/α,β-unsaturated/α-hetero) is 2. The van der Waals surface area contributed by atoms with E-state index in [2.05, 4.69) is 5.32 Å². The minimum Gasteiger partial charge on any atom is -0.446 e. The number of carbonyl (C=O) groups is 3. The first-order valence-corrected chi connectivity index (χ1v) is 7.70. The summed E-state index contributed by atoms with van der Waals surface area (Å²) in [5, 5.41) is 3.00. The summed E-state index contributed by atoms with van der Waals surface area (Å²) in [7, 11) is 1.64. The molecular weight excluding hydrogens is 308 g/mol. The third-order valence-electron chi connectivity index (χ3n) is 3.96. The van der Waals surface area contributed by atoms with Gasteiger partial charge >= 0.3 is 5.97 Å². The fourth-order valence-corrected chi connectivity index (χ4v) is 2.81. The first-order chi connectivity index (χ1) is 11.4. The highest BCUT2D eigenvalue weighted by atomic mass is 16.5. The minimum absolute atomic E-state index is 0.0781. The molecule has 0 aliphatic heterocycles. The molecule has 0 amide bonds. The maximum Gasteiger partial charge on any atom is 0.341 e.